The molecule has 0 fully saturated rings. The monoisotopic (exact) mass is 279 g/mol. The van der Waals surface area contributed by atoms with E-state index in [1.165, 1.54) is 5.56 Å². The highest BCUT2D eigenvalue weighted by atomic mass is 35.5. The quantitative estimate of drug-likeness (QED) is 0.683. The van der Waals surface area contributed by atoms with Gasteiger partial charge in [0.25, 0.3) is 0 Å². The number of hydrogen-bond donors (Lipinski definition) is 1. The van der Waals surface area contributed by atoms with Crippen LogP contribution < -0.4 is 5.32 Å². The van der Waals surface area contributed by atoms with E-state index >= 15 is 0 Å². The molecule has 0 atom stereocenters. The average Bonchev–Trinajstić information content (AvgIpc) is 2.40. The minimum Gasteiger partial charge on any atom is -0.357 e. The highest BCUT2D eigenvalue weighted by Gasteiger charge is 2.04. The van der Waals surface area contributed by atoms with Gasteiger partial charge in [0.1, 0.15) is 5.03 Å². The van der Waals surface area contributed by atoms with Crippen molar-refractivity contribution in [1.29, 1.82) is 0 Å². The number of anilines is 1. The molecule has 94 valence electrons. The molecule has 0 aliphatic carbocycles. The van der Waals surface area contributed by atoms with Gasteiger partial charge in [-0.15, -0.1) is 11.8 Å². The molecule has 0 aliphatic rings. The molecule has 3 nitrogen and oxygen atoms in total. The van der Waals surface area contributed by atoms with Crippen LogP contribution in [0, 0.1) is 6.92 Å². The molecule has 5 heteroatoms. The van der Waals surface area contributed by atoms with Crippen LogP contribution in [0.15, 0.2) is 35.5 Å². The minimum absolute atomic E-state index is 0.652. The van der Waals surface area contributed by atoms with Crippen LogP contribution >= 0.6 is 23.4 Å². The predicted octanol–water partition coefficient (Wildman–Crippen LogP) is 3.77. The summed E-state index contributed by atoms with van der Waals surface area (Å²) in [5.41, 5.74) is 2.32. The first-order chi connectivity index (χ1) is 8.69. The van der Waals surface area contributed by atoms with Gasteiger partial charge >= 0.3 is 0 Å². The third-order valence-corrected chi connectivity index (χ3v) is 3.85. The van der Waals surface area contributed by atoms with Gasteiger partial charge in [-0.2, -0.15) is 0 Å². The van der Waals surface area contributed by atoms with Gasteiger partial charge in [-0.1, -0.05) is 23.7 Å². The number of aromatic nitrogens is 2. The number of rotatable bonds is 4. The van der Waals surface area contributed by atoms with Gasteiger partial charge < -0.3 is 5.32 Å². The Morgan fingerprint density at radius 2 is 2.00 bits per heavy atom. The summed E-state index contributed by atoms with van der Waals surface area (Å²) in [6.07, 6.45) is 1.84. The summed E-state index contributed by atoms with van der Waals surface area (Å²) in [6, 6.07) is 7.88. The zero-order chi connectivity index (χ0) is 13.0. The van der Waals surface area contributed by atoms with Crippen molar-refractivity contribution in [1.82, 2.24) is 9.97 Å². The largest absolute Gasteiger partial charge is 0.357 e. The first-order valence-corrected chi connectivity index (χ1v) is 6.94. The maximum Gasteiger partial charge on any atom is 0.223 e. The van der Waals surface area contributed by atoms with Crippen LogP contribution in [-0.4, -0.2) is 17.0 Å². The number of nitrogens with one attached hydrogen (secondary N) is 1. The normalized spacial score (nSPS) is 10.4. The van der Waals surface area contributed by atoms with E-state index in [0.717, 1.165) is 21.4 Å². The lowest BCUT2D eigenvalue weighted by atomic mass is 10.2. The van der Waals surface area contributed by atoms with Crippen LogP contribution in [-0.2, 0) is 5.75 Å². The summed E-state index contributed by atoms with van der Waals surface area (Å²) in [7, 11) is 1.82. The Labute approximate surface area is 116 Å². The Hall–Kier alpha value is -1.26. The van der Waals surface area contributed by atoms with E-state index in [9.17, 15) is 0 Å². The van der Waals surface area contributed by atoms with Crippen molar-refractivity contribution < 1.29 is 0 Å². The molecular formula is C13H14ClN3S. The first-order valence-electron chi connectivity index (χ1n) is 5.57. The highest BCUT2D eigenvalue weighted by molar-refractivity contribution is 7.98. The van der Waals surface area contributed by atoms with E-state index in [1.54, 1.807) is 11.8 Å². The SMILES string of the molecule is CNc1ncc(C)c(SCc2ccc(Cl)cc2)n1. The number of thioether (sulfide) groups is 1. The molecule has 0 bridgehead atoms. The maximum atomic E-state index is 5.86. The van der Waals surface area contributed by atoms with Crippen LogP contribution in [0.3, 0.4) is 0 Å². The number of aryl methyl sites for hydroxylation is 1. The molecule has 1 heterocycles. The fraction of sp³-hybridized carbons (Fsp3) is 0.231. The lowest BCUT2D eigenvalue weighted by Crippen LogP contribution is -1.98. The Bertz CT molecular complexity index is 528. The third kappa shape index (κ3) is 3.37. The first kappa shape index (κ1) is 13.2. The second kappa shape index (κ2) is 6.07. The molecule has 0 spiro atoms. The molecule has 0 aliphatic heterocycles. The predicted molar refractivity (Wildman–Crippen MR) is 77.3 cm³/mol. The summed E-state index contributed by atoms with van der Waals surface area (Å²) in [5.74, 6) is 1.53. The van der Waals surface area contributed by atoms with Crippen LogP contribution in [0.1, 0.15) is 11.1 Å². The lowest BCUT2D eigenvalue weighted by Gasteiger charge is -2.06. The number of halogens is 1. The molecule has 0 saturated carbocycles. The van der Waals surface area contributed by atoms with E-state index in [2.05, 4.69) is 15.3 Å². The summed E-state index contributed by atoms with van der Waals surface area (Å²) in [6.45, 7) is 2.02. The molecule has 18 heavy (non-hydrogen) atoms. The Morgan fingerprint density at radius 3 is 2.67 bits per heavy atom. The van der Waals surface area contributed by atoms with E-state index in [0.29, 0.717) is 5.95 Å². The van der Waals surface area contributed by atoms with E-state index in [-0.39, 0.29) is 0 Å². The molecule has 2 aromatic rings. The highest BCUT2D eigenvalue weighted by Crippen LogP contribution is 2.25. The molecule has 0 radical (unpaired) electrons. The van der Waals surface area contributed by atoms with Crippen molar-refractivity contribution >= 4 is 29.3 Å². The Kier molecular flexibility index (Phi) is 4.44. The minimum atomic E-state index is 0.652. The van der Waals surface area contributed by atoms with Crippen molar-refractivity contribution in [3.63, 3.8) is 0 Å². The van der Waals surface area contributed by atoms with Crippen molar-refractivity contribution in [2.45, 2.75) is 17.7 Å². The zero-order valence-electron chi connectivity index (χ0n) is 10.3. The summed E-state index contributed by atoms with van der Waals surface area (Å²) in [5, 5.41) is 4.71. The lowest BCUT2D eigenvalue weighted by molar-refractivity contribution is 1.00. The maximum absolute atomic E-state index is 5.86. The number of nitrogens with zero attached hydrogens (tertiary/aromatic N) is 2. The Balaban J connectivity index is 2.07. The van der Waals surface area contributed by atoms with E-state index < -0.39 is 0 Å². The Morgan fingerprint density at radius 1 is 1.28 bits per heavy atom. The summed E-state index contributed by atoms with van der Waals surface area (Å²) >= 11 is 7.56. The van der Waals surface area contributed by atoms with Crippen LogP contribution in [0.2, 0.25) is 5.02 Å². The van der Waals surface area contributed by atoms with Crippen molar-refractivity contribution in [2.24, 2.45) is 0 Å². The third-order valence-electron chi connectivity index (χ3n) is 2.44. The summed E-state index contributed by atoms with van der Waals surface area (Å²) < 4.78 is 0. The standard InChI is InChI=1S/C13H14ClN3S/c1-9-7-16-13(15-2)17-12(9)18-8-10-3-5-11(14)6-4-10/h3-7H,8H2,1-2H3,(H,15,16,17). The van der Waals surface area contributed by atoms with Gasteiger partial charge in [0, 0.05) is 24.0 Å². The van der Waals surface area contributed by atoms with Crippen LogP contribution in [0.5, 0.6) is 0 Å². The van der Waals surface area contributed by atoms with Gasteiger partial charge in [0.15, 0.2) is 0 Å². The van der Waals surface area contributed by atoms with Crippen molar-refractivity contribution in [2.75, 3.05) is 12.4 Å². The molecule has 1 aromatic heterocycles. The topological polar surface area (TPSA) is 37.8 Å². The second-order valence-electron chi connectivity index (χ2n) is 3.85. The van der Waals surface area contributed by atoms with Gasteiger partial charge in [0.05, 0.1) is 0 Å². The molecular weight excluding hydrogens is 266 g/mol. The molecule has 0 saturated heterocycles. The van der Waals surface area contributed by atoms with Gasteiger partial charge in [-0.3, -0.25) is 0 Å². The smallest absolute Gasteiger partial charge is 0.223 e. The molecule has 1 N–H and O–H groups in total. The van der Waals surface area contributed by atoms with Gasteiger partial charge in [-0.25, -0.2) is 9.97 Å². The number of hydrogen-bond acceptors (Lipinski definition) is 4. The molecule has 2 rings (SSSR count). The van der Waals surface area contributed by atoms with Crippen molar-refractivity contribution in [3.8, 4) is 0 Å². The van der Waals surface area contributed by atoms with E-state index in [1.807, 2.05) is 44.4 Å². The van der Waals surface area contributed by atoms with Gasteiger partial charge in [-0.05, 0) is 30.2 Å². The summed E-state index contributed by atoms with van der Waals surface area (Å²) in [4.78, 5) is 8.61. The van der Waals surface area contributed by atoms with E-state index in [4.69, 9.17) is 11.6 Å². The van der Waals surface area contributed by atoms with Crippen LogP contribution in [0.4, 0.5) is 5.95 Å². The fourth-order valence-electron chi connectivity index (χ4n) is 1.43. The van der Waals surface area contributed by atoms with Gasteiger partial charge in [0.2, 0.25) is 5.95 Å². The molecule has 0 unspecified atom stereocenters. The van der Waals surface area contributed by atoms with Crippen LogP contribution in [0.25, 0.3) is 0 Å². The van der Waals surface area contributed by atoms with Crippen molar-refractivity contribution in [3.05, 3.63) is 46.6 Å². The molecule has 1 aromatic carbocycles. The second-order valence-corrected chi connectivity index (χ2v) is 5.25. The molecule has 0 amide bonds. The zero-order valence-corrected chi connectivity index (χ0v) is 11.8. The average molecular weight is 280 g/mol. The fourth-order valence-corrected chi connectivity index (χ4v) is 2.48. The number of benzene rings is 1.